The van der Waals surface area contributed by atoms with E-state index in [1.165, 1.54) is 0 Å². The van der Waals surface area contributed by atoms with Gasteiger partial charge in [0.05, 0.1) is 19.4 Å². The van der Waals surface area contributed by atoms with Crippen molar-refractivity contribution in [1.82, 2.24) is 9.80 Å². The van der Waals surface area contributed by atoms with Gasteiger partial charge in [-0.25, -0.2) is 0 Å². The number of furan rings is 1. The fourth-order valence-electron chi connectivity index (χ4n) is 3.21. The van der Waals surface area contributed by atoms with Gasteiger partial charge < -0.3 is 14.2 Å². The minimum absolute atomic E-state index is 0.0314. The largest absolute Gasteiger partial charge is 0.467 e. The molecule has 2 heterocycles. The molecule has 0 N–H and O–H groups in total. The fourth-order valence-corrected chi connectivity index (χ4v) is 3.21. The Morgan fingerprint density at radius 1 is 1.04 bits per heavy atom. The van der Waals surface area contributed by atoms with Crippen molar-refractivity contribution < 1.29 is 14.0 Å². The van der Waals surface area contributed by atoms with E-state index in [9.17, 15) is 9.59 Å². The predicted octanol–water partition coefficient (Wildman–Crippen LogP) is 2.37. The summed E-state index contributed by atoms with van der Waals surface area (Å²) in [5.41, 5.74) is 0.856. The Bertz CT molecular complexity index is 715. The maximum atomic E-state index is 13.0. The second-order valence-corrected chi connectivity index (χ2v) is 6.53. The van der Waals surface area contributed by atoms with Crippen molar-refractivity contribution in [3.63, 3.8) is 0 Å². The quantitative estimate of drug-likeness (QED) is 0.826. The lowest BCUT2D eigenvalue weighted by atomic mass is 10.2. The van der Waals surface area contributed by atoms with Gasteiger partial charge in [0, 0.05) is 38.8 Å². The number of anilines is 1. The van der Waals surface area contributed by atoms with Gasteiger partial charge in [0.1, 0.15) is 5.76 Å². The highest BCUT2D eigenvalue weighted by atomic mass is 16.3. The first kappa shape index (κ1) is 18.2. The third kappa shape index (κ3) is 4.73. The van der Waals surface area contributed by atoms with Crippen LogP contribution in [0.5, 0.6) is 0 Å². The van der Waals surface area contributed by atoms with Gasteiger partial charge in [-0.2, -0.15) is 0 Å². The number of para-hydroxylation sites is 1. The summed E-state index contributed by atoms with van der Waals surface area (Å²) in [5.74, 6) is 0.881. The zero-order valence-corrected chi connectivity index (χ0v) is 15.1. The van der Waals surface area contributed by atoms with Crippen LogP contribution < -0.4 is 4.90 Å². The molecule has 3 rings (SSSR count). The third-order valence-corrected chi connectivity index (χ3v) is 4.66. The lowest BCUT2D eigenvalue weighted by Crippen LogP contribution is -2.41. The smallest absolute Gasteiger partial charge is 0.241 e. The molecule has 0 radical (unpaired) electrons. The van der Waals surface area contributed by atoms with Crippen LogP contribution in [0.25, 0.3) is 0 Å². The number of carbonyl (C=O) groups is 2. The molecule has 2 amide bonds. The Morgan fingerprint density at radius 2 is 1.85 bits per heavy atom. The number of benzene rings is 1. The van der Waals surface area contributed by atoms with Crippen LogP contribution in [-0.4, -0.2) is 54.3 Å². The summed E-state index contributed by atoms with van der Waals surface area (Å²) < 4.78 is 5.43. The molecule has 2 aromatic rings. The Hall–Kier alpha value is -2.60. The molecule has 138 valence electrons. The Kier molecular flexibility index (Phi) is 6.07. The van der Waals surface area contributed by atoms with E-state index in [0.717, 1.165) is 31.0 Å². The van der Waals surface area contributed by atoms with E-state index in [2.05, 4.69) is 4.90 Å². The second-order valence-electron chi connectivity index (χ2n) is 6.53. The molecule has 0 bridgehead atoms. The van der Waals surface area contributed by atoms with E-state index in [4.69, 9.17) is 4.42 Å². The Morgan fingerprint density at radius 3 is 2.54 bits per heavy atom. The molecule has 0 saturated carbocycles. The molecule has 6 heteroatoms. The second kappa shape index (κ2) is 8.67. The predicted molar refractivity (Wildman–Crippen MR) is 99.7 cm³/mol. The van der Waals surface area contributed by atoms with Gasteiger partial charge in [0.25, 0.3) is 0 Å². The molecule has 1 saturated heterocycles. The van der Waals surface area contributed by atoms with Gasteiger partial charge in [-0.05, 0) is 30.7 Å². The summed E-state index contributed by atoms with van der Waals surface area (Å²) in [4.78, 5) is 30.3. The molecule has 1 fully saturated rings. The number of hydrogen-bond acceptors (Lipinski definition) is 4. The van der Waals surface area contributed by atoms with Crippen LogP contribution in [0.1, 0.15) is 19.1 Å². The van der Waals surface area contributed by atoms with E-state index in [1.54, 1.807) is 18.1 Å². The maximum absolute atomic E-state index is 13.0. The Balaban J connectivity index is 1.68. The molecule has 1 aliphatic heterocycles. The molecule has 0 unspecified atom stereocenters. The first-order valence-corrected chi connectivity index (χ1v) is 8.99. The fraction of sp³-hybridized carbons (Fsp3) is 0.400. The average Bonchev–Trinajstić information content (AvgIpc) is 3.05. The van der Waals surface area contributed by atoms with E-state index in [0.29, 0.717) is 26.2 Å². The van der Waals surface area contributed by atoms with E-state index >= 15 is 0 Å². The summed E-state index contributed by atoms with van der Waals surface area (Å²) in [5, 5.41) is 0. The van der Waals surface area contributed by atoms with Crippen molar-refractivity contribution in [2.45, 2.75) is 19.9 Å². The van der Waals surface area contributed by atoms with Gasteiger partial charge in [-0.3, -0.25) is 14.5 Å². The SMILES string of the molecule is CC(=O)N1CCCN(CC(=O)N(Cc2ccco2)c2ccccc2)CC1. The third-order valence-electron chi connectivity index (χ3n) is 4.66. The highest BCUT2D eigenvalue weighted by molar-refractivity contribution is 5.94. The van der Waals surface area contributed by atoms with Crippen LogP contribution in [0.15, 0.2) is 53.1 Å². The molecule has 1 aromatic heterocycles. The lowest BCUT2D eigenvalue weighted by Gasteiger charge is -2.26. The number of nitrogens with zero attached hydrogens (tertiary/aromatic N) is 3. The van der Waals surface area contributed by atoms with Gasteiger partial charge >= 0.3 is 0 Å². The summed E-state index contributed by atoms with van der Waals surface area (Å²) in [6.45, 7) is 5.31. The lowest BCUT2D eigenvalue weighted by molar-refractivity contribution is -0.128. The first-order chi connectivity index (χ1) is 12.6. The summed E-state index contributed by atoms with van der Waals surface area (Å²) in [6.07, 6.45) is 2.50. The standard InChI is InChI=1S/C20H25N3O3/c1-17(24)22-11-6-10-21(12-13-22)16-20(25)23(15-19-9-5-14-26-19)18-7-3-2-4-8-18/h2-5,7-9,14H,6,10-13,15-16H2,1H3. The molecule has 1 aliphatic rings. The van der Waals surface area contributed by atoms with Crippen LogP contribution >= 0.6 is 0 Å². The molecule has 6 nitrogen and oxygen atoms in total. The van der Waals surface area contributed by atoms with E-state index < -0.39 is 0 Å². The number of amides is 2. The molecule has 0 aliphatic carbocycles. The minimum atomic E-state index is 0.0314. The average molecular weight is 355 g/mol. The molecule has 1 aromatic carbocycles. The number of rotatable bonds is 5. The van der Waals surface area contributed by atoms with Gasteiger partial charge in [-0.15, -0.1) is 0 Å². The van der Waals surface area contributed by atoms with E-state index in [-0.39, 0.29) is 11.8 Å². The highest BCUT2D eigenvalue weighted by Gasteiger charge is 2.22. The normalized spacial score (nSPS) is 15.5. The monoisotopic (exact) mass is 355 g/mol. The van der Waals surface area contributed by atoms with E-state index in [1.807, 2.05) is 47.4 Å². The number of carbonyl (C=O) groups excluding carboxylic acids is 2. The highest BCUT2D eigenvalue weighted by Crippen LogP contribution is 2.18. The van der Waals surface area contributed by atoms with Gasteiger partial charge in [0.15, 0.2) is 0 Å². The molecule has 0 atom stereocenters. The first-order valence-electron chi connectivity index (χ1n) is 8.99. The van der Waals surface area contributed by atoms with Crippen molar-refractivity contribution in [1.29, 1.82) is 0 Å². The van der Waals surface area contributed by atoms with Crippen molar-refractivity contribution >= 4 is 17.5 Å². The molecular formula is C20H25N3O3. The maximum Gasteiger partial charge on any atom is 0.241 e. The van der Waals surface area contributed by atoms with Gasteiger partial charge in [0.2, 0.25) is 11.8 Å². The van der Waals surface area contributed by atoms with Crippen LogP contribution in [0.4, 0.5) is 5.69 Å². The van der Waals surface area contributed by atoms with Crippen LogP contribution in [0.3, 0.4) is 0 Å². The minimum Gasteiger partial charge on any atom is -0.467 e. The molecule has 26 heavy (non-hydrogen) atoms. The Labute approximate surface area is 154 Å². The van der Waals surface area contributed by atoms with Crippen LogP contribution in [-0.2, 0) is 16.1 Å². The number of hydrogen-bond donors (Lipinski definition) is 0. The van der Waals surface area contributed by atoms with Crippen molar-refractivity contribution in [3.05, 3.63) is 54.5 Å². The zero-order valence-electron chi connectivity index (χ0n) is 15.1. The topological polar surface area (TPSA) is 57.0 Å². The molecular weight excluding hydrogens is 330 g/mol. The van der Waals surface area contributed by atoms with Crippen molar-refractivity contribution in [2.75, 3.05) is 37.6 Å². The summed E-state index contributed by atoms with van der Waals surface area (Å²) >= 11 is 0. The zero-order chi connectivity index (χ0) is 18.4. The van der Waals surface area contributed by atoms with Crippen molar-refractivity contribution in [2.24, 2.45) is 0 Å². The van der Waals surface area contributed by atoms with Crippen LogP contribution in [0.2, 0.25) is 0 Å². The molecule has 0 spiro atoms. The van der Waals surface area contributed by atoms with Crippen LogP contribution in [0, 0.1) is 0 Å². The van der Waals surface area contributed by atoms with Crippen molar-refractivity contribution in [3.8, 4) is 0 Å². The van der Waals surface area contributed by atoms with Gasteiger partial charge in [-0.1, -0.05) is 18.2 Å². The summed E-state index contributed by atoms with van der Waals surface area (Å²) in [6, 6.07) is 13.3. The summed E-state index contributed by atoms with van der Waals surface area (Å²) in [7, 11) is 0.